The molecule has 2 rings (SSSR count). The zero-order valence-electron chi connectivity index (χ0n) is 11.6. The van der Waals surface area contributed by atoms with E-state index < -0.39 is 0 Å². The predicted molar refractivity (Wildman–Crippen MR) is 70.9 cm³/mol. The topological polar surface area (TPSA) is 38.5 Å². The van der Waals surface area contributed by atoms with Crippen LogP contribution in [0.4, 0.5) is 0 Å². The van der Waals surface area contributed by atoms with E-state index in [1.54, 1.807) is 0 Å². The number of rotatable bonds is 2. The summed E-state index contributed by atoms with van der Waals surface area (Å²) >= 11 is 0. The SMILES string of the molecule is CC1CCC(N)C(CN2C[C@@H](C)O[C@@H](C)C2)C1. The Hall–Kier alpha value is -0.120. The first-order chi connectivity index (χ1) is 8.04. The molecule has 1 saturated heterocycles. The van der Waals surface area contributed by atoms with Gasteiger partial charge in [0.25, 0.3) is 0 Å². The fourth-order valence-corrected chi connectivity index (χ4v) is 3.50. The van der Waals surface area contributed by atoms with Gasteiger partial charge in [-0.3, -0.25) is 4.90 Å². The van der Waals surface area contributed by atoms with Crippen molar-refractivity contribution < 1.29 is 4.74 Å². The number of morpholine rings is 1. The van der Waals surface area contributed by atoms with E-state index in [9.17, 15) is 0 Å². The zero-order chi connectivity index (χ0) is 12.4. The van der Waals surface area contributed by atoms with Gasteiger partial charge < -0.3 is 10.5 Å². The van der Waals surface area contributed by atoms with Gasteiger partial charge in [-0.05, 0) is 44.9 Å². The second-order valence-electron chi connectivity index (χ2n) is 6.32. The van der Waals surface area contributed by atoms with Crippen LogP contribution < -0.4 is 5.73 Å². The molecule has 3 unspecified atom stereocenters. The molecule has 0 aromatic carbocycles. The van der Waals surface area contributed by atoms with Gasteiger partial charge in [0.05, 0.1) is 12.2 Å². The average molecular weight is 240 g/mol. The van der Waals surface area contributed by atoms with Gasteiger partial charge in [0.15, 0.2) is 0 Å². The van der Waals surface area contributed by atoms with E-state index in [0.717, 1.165) is 19.0 Å². The summed E-state index contributed by atoms with van der Waals surface area (Å²) in [5.74, 6) is 1.55. The minimum absolute atomic E-state index is 0.371. The molecule has 1 aliphatic heterocycles. The van der Waals surface area contributed by atoms with Crippen molar-refractivity contribution >= 4 is 0 Å². The van der Waals surface area contributed by atoms with Gasteiger partial charge >= 0.3 is 0 Å². The first kappa shape index (κ1) is 13.3. The van der Waals surface area contributed by atoms with Crippen LogP contribution in [0.25, 0.3) is 0 Å². The van der Waals surface area contributed by atoms with Crippen LogP contribution in [0.5, 0.6) is 0 Å². The van der Waals surface area contributed by atoms with Crippen LogP contribution in [-0.2, 0) is 4.74 Å². The number of nitrogens with two attached hydrogens (primary N) is 1. The molecule has 100 valence electrons. The highest BCUT2D eigenvalue weighted by Gasteiger charge is 2.30. The molecule has 3 nitrogen and oxygen atoms in total. The highest BCUT2D eigenvalue weighted by atomic mass is 16.5. The predicted octanol–water partition coefficient (Wildman–Crippen LogP) is 1.86. The van der Waals surface area contributed by atoms with Crippen LogP contribution in [0.2, 0.25) is 0 Å². The van der Waals surface area contributed by atoms with Crippen molar-refractivity contribution in [3.63, 3.8) is 0 Å². The second-order valence-corrected chi connectivity index (χ2v) is 6.32. The summed E-state index contributed by atoms with van der Waals surface area (Å²) in [4.78, 5) is 2.56. The van der Waals surface area contributed by atoms with E-state index in [0.29, 0.717) is 24.2 Å². The molecule has 17 heavy (non-hydrogen) atoms. The van der Waals surface area contributed by atoms with Gasteiger partial charge in [0.2, 0.25) is 0 Å². The third kappa shape index (κ3) is 3.67. The Morgan fingerprint density at radius 2 is 1.76 bits per heavy atom. The fourth-order valence-electron chi connectivity index (χ4n) is 3.50. The second kappa shape index (κ2) is 5.68. The van der Waals surface area contributed by atoms with Gasteiger partial charge in [-0.2, -0.15) is 0 Å². The van der Waals surface area contributed by atoms with E-state index >= 15 is 0 Å². The molecule has 0 spiro atoms. The molecule has 0 aromatic heterocycles. The van der Waals surface area contributed by atoms with Crippen molar-refractivity contribution in [3.8, 4) is 0 Å². The van der Waals surface area contributed by atoms with Crippen molar-refractivity contribution in [2.24, 2.45) is 17.6 Å². The Labute approximate surface area is 106 Å². The minimum Gasteiger partial charge on any atom is -0.373 e. The van der Waals surface area contributed by atoms with Crippen LogP contribution in [-0.4, -0.2) is 42.8 Å². The summed E-state index contributed by atoms with van der Waals surface area (Å²) in [5, 5.41) is 0. The van der Waals surface area contributed by atoms with Gasteiger partial charge in [0, 0.05) is 25.7 Å². The molecule has 0 amide bonds. The maximum absolute atomic E-state index is 6.27. The van der Waals surface area contributed by atoms with E-state index in [1.807, 2.05) is 0 Å². The Morgan fingerprint density at radius 3 is 2.41 bits per heavy atom. The Bertz CT molecular complexity index is 236. The molecular weight excluding hydrogens is 212 g/mol. The standard InChI is InChI=1S/C14H28N2O/c1-10-4-5-14(15)13(6-10)9-16-7-11(2)17-12(3)8-16/h10-14H,4-9,15H2,1-3H3/t10?,11-,12+,13?,14?. The van der Waals surface area contributed by atoms with Crippen LogP contribution in [0.15, 0.2) is 0 Å². The molecule has 1 aliphatic carbocycles. The average Bonchev–Trinajstić information content (AvgIpc) is 2.22. The molecule has 1 heterocycles. The van der Waals surface area contributed by atoms with Crippen molar-refractivity contribution in [2.75, 3.05) is 19.6 Å². The van der Waals surface area contributed by atoms with E-state index in [4.69, 9.17) is 10.5 Å². The summed E-state index contributed by atoms with van der Waals surface area (Å²) in [6.45, 7) is 10.0. The summed E-state index contributed by atoms with van der Waals surface area (Å²) in [5.41, 5.74) is 6.27. The molecule has 5 atom stereocenters. The van der Waals surface area contributed by atoms with Crippen LogP contribution >= 0.6 is 0 Å². The summed E-state index contributed by atoms with van der Waals surface area (Å²) < 4.78 is 5.78. The maximum Gasteiger partial charge on any atom is 0.0678 e. The normalized spacial score (nSPS) is 44.8. The molecule has 3 heteroatoms. The monoisotopic (exact) mass is 240 g/mol. The van der Waals surface area contributed by atoms with Crippen LogP contribution in [0, 0.1) is 11.8 Å². The third-order valence-corrected chi connectivity index (χ3v) is 4.29. The van der Waals surface area contributed by atoms with E-state index in [-0.39, 0.29) is 0 Å². The third-order valence-electron chi connectivity index (χ3n) is 4.29. The number of hydrogen-bond donors (Lipinski definition) is 1. The van der Waals surface area contributed by atoms with Crippen LogP contribution in [0.3, 0.4) is 0 Å². The lowest BCUT2D eigenvalue weighted by Gasteiger charge is -2.40. The lowest BCUT2D eigenvalue weighted by atomic mass is 9.79. The highest BCUT2D eigenvalue weighted by molar-refractivity contribution is 4.85. The number of nitrogens with zero attached hydrogens (tertiary/aromatic N) is 1. The Kier molecular flexibility index (Phi) is 4.45. The molecule has 0 bridgehead atoms. The van der Waals surface area contributed by atoms with Crippen molar-refractivity contribution in [2.45, 2.75) is 58.3 Å². The zero-order valence-corrected chi connectivity index (χ0v) is 11.6. The molecule has 2 N–H and O–H groups in total. The molecule has 2 aliphatic rings. The minimum atomic E-state index is 0.371. The molecular formula is C14H28N2O. The van der Waals surface area contributed by atoms with Gasteiger partial charge in [-0.15, -0.1) is 0 Å². The number of hydrogen-bond acceptors (Lipinski definition) is 3. The van der Waals surface area contributed by atoms with Gasteiger partial charge in [0.1, 0.15) is 0 Å². The molecule has 2 fully saturated rings. The van der Waals surface area contributed by atoms with E-state index in [1.165, 1.54) is 25.8 Å². The van der Waals surface area contributed by atoms with Crippen molar-refractivity contribution in [3.05, 3.63) is 0 Å². The molecule has 0 aromatic rings. The number of ether oxygens (including phenoxy) is 1. The fraction of sp³-hybridized carbons (Fsp3) is 1.00. The largest absolute Gasteiger partial charge is 0.373 e. The summed E-state index contributed by atoms with van der Waals surface area (Å²) in [6, 6.07) is 0.416. The summed E-state index contributed by atoms with van der Waals surface area (Å²) in [7, 11) is 0. The first-order valence-corrected chi connectivity index (χ1v) is 7.18. The van der Waals surface area contributed by atoms with Crippen LogP contribution in [0.1, 0.15) is 40.0 Å². The Balaban J connectivity index is 1.86. The smallest absolute Gasteiger partial charge is 0.0678 e. The van der Waals surface area contributed by atoms with Crippen molar-refractivity contribution in [1.82, 2.24) is 4.90 Å². The Morgan fingerprint density at radius 1 is 1.12 bits per heavy atom. The first-order valence-electron chi connectivity index (χ1n) is 7.18. The maximum atomic E-state index is 6.27. The highest BCUT2D eigenvalue weighted by Crippen LogP contribution is 2.29. The lowest BCUT2D eigenvalue weighted by Crippen LogP contribution is -2.50. The molecule has 1 saturated carbocycles. The summed E-state index contributed by atoms with van der Waals surface area (Å²) in [6.07, 6.45) is 4.57. The quantitative estimate of drug-likeness (QED) is 0.800. The van der Waals surface area contributed by atoms with E-state index in [2.05, 4.69) is 25.7 Å². The van der Waals surface area contributed by atoms with Gasteiger partial charge in [-0.25, -0.2) is 0 Å². The van der Waals surface area contributed by atoms with Crippen molar-refractivity contribution in [1.29, 1.82) is 0 Å². The lowest BCUT2D eigenvalue weighted by molar-refractivity contribution is -0.0737. The molecule has 0 radical (unpaired) electrons. The van der Waals surface area contributed by atoms with Gasteiger partial charge in [-0.1, -0.05) is 6.92 Å².